The van der Waals surface area contributed by atoms with Gasteiger partial charge in [-0.15, -0.1) is 11.3 Å². The monoisotopic (exact) mass is 440 g/mol. The molecule has 30 heavy (non-hydrogen) atoms. The van der Waals surface area contributed by atoms with Crippen molar-refractivity contribution in [3.63, 3.8) is 0 Å². The average Bonchev–Trinajstić information content (AvgIpc) is 3.21. The number of thioether (sulfide) groups is 1. The van der Waals surface area contributed by atoms with E-state index in [-0.39, 0.29) is 11.9 Å². The van der Waals surface area contributed by atoms with Crippen LogP contribution < -0.4 is 9.47 Å². The van der Waals surface area contributed by atoms with Gasteiger partial charge in [-0.1, -0.05) is 42.1 Å². The molecule has 2 aromatic carbocycles. The number of carbonyl (C=O) groups excluding carboxylic acids is 1. The molecule has 1 amide bonds. The minimum absolute atomic E-state index is 0.113. The Hall–Kier alpha value is -2.51. The van der Waals surface area contributed by atoms with Crippen LogP contribution in [0.2, 0.25) is 0 Å². The number of rotatable bonds is 6. The third-order valence-electron chi connectivity index (χ3n) is 5.23. The van der Waals surface area contributed by atoms with Gasteiger partial charge in [-0.2, -0.15) is 0 Å². The number of fused-ring (bicyclic) bond motifs is 1. The van der Waals surface area contributed by atoms with Crippen molar-refractivity contribution in [1.29, 1.82) is 0 Å². The highest BCUT2D eigenvalue weighted by atomic mass is 32.2. The highest BCUT2D eigenvalue weighted by Gasteiger charge is 2.33. The molecule has 0 spiro atoms. The van der Waals surface area contributed by atoms with Crippen molar-refractivity contribution in [2.75, 3.05) is 26.5 Å². The summed E-state index contributed by atoms with van der Waals surface area (Å²) >= 11 is 3.09. The molecular formula is C23H24N2O3S2. The van der Waals surface area contributed by atoms with Gasteiger partial charge in [-0.25, -0.2) is 4.98 Å². The number of ether oxygens (including phenoxy) is 2. The lowest BCUT2D eigenvalue weighted by Crippen LogP contribution is -2.41. The number of hydrogen-bond donors (Lipinski definition) is 0. The molecule has 0 saturated heterocycles. The zero-order valence-electron chi connectivity index (χ0n) is 17.3. The van der Waals surface area contributed by atoms with Crippen LogP contribution >= 0.6 is 23.1 Å². The second-order valence-electron chi connectivity index (χ2n) is 7.10. The Balaban J connectivity index is 1.68. The molecule has 0 radical (unpaired) electrons. The number of aryl methyl sites for hydroxylation is 1. The normalized spacial score (nSPS) is 15.6. The third-order valence-corrected chi connectivity index (χ3v) is 7.35. The molecule has 3 aromatic rings. The van der Waals surface area contributed by atoms with Crippen LogP contribution in [0.4, 0.5) is 0 Å². The van der Waals surface area contributed by atoms with Crippen molar-refractivity contribution in [2.24, 2.45) is 0 Å². The van der Waals surface area contributed by atoms with Crippen molar-refractivity contribution in [3.05, 3.63) is 70.2 Å². The van der Waals surface area contributed by atoms with E-state index in [1.807, 2.05) is 47.5 Å². The maximum atomic E-state index is 13.3. The molecular weight excluding hydrogens is 416 g/mol. The van der Waals surface area contributed by atoms with Crippen LogP contribution in [-0.2, 0) is 11.2 Å². The number of aromatic nitrogens is 1. The molecule has 1 atom stereocenters. The Morgan fingerprint density at radius 1 is 1.20 bits per heavy atom. The summed E-state index contributed by atoms with van der Waals surface area (Å²) in [6, 6.07) is 14.1. The van der Waals surface area contributed by atoms with E-state index < -0.39 is 0 Å². The molecule has 0 aliphatic carbocycles. The molecule has 0 saturated carbocycles. The summed E-state index contributed by atoms with van der Waals surface area (Å²) in [5.74, 6) is 1.89. The molecule has 0 N–H and O–H groups in total. The Kier molecular flexibility index (Phi) is 6.29. The molecule has 5 nitrogen and oxygen atoms in total. The van der Waals surface area contributed by atoms with Gasteiger partial charge in [0.25, 0.3) is 0 Å². The van der Waals surface area contributed by atoms with E-state index >= 15 is 0 Å². The number of carbonyl (C=O) groups is 1. The van der Waals surface area contributed by atoms with Gasteiger partial charge in [-0.05, 0) is 42.2 Å². The fourth-order valence-corrected chi connectivity index (χ4v) is 5.55. The number of methoxy groups -OCH3 is 2. The van der Waals surface area contributed by atoms with Gasteiger partial charge in [0.15, 0.2) is 15.8 Å². The first-order valence-corrected chi connectivity index (χ1v) is 11.6. The molecule has 1 unspecified atom stereocenters. The fraction of sp³-hybridized carbons (Fsp3) is 0.304. The predicted molar refractivity (Wildman–Crippen MR) is 121 cm³/mol. The summed E-state index contributed by atoms with van der Waals surface area (Å²) in [6.07, 6.45) is 0.784. The standard InChI is InChI=1S/C23H24N2O3S2/c1-15-13-29-23(24-15)30-14-21(26)25-10-9-17-11-19(27-2)20(28-3)12-18(17)22(25)16-7-5-4-6-8-16/h4-8,11-13,22H,9-10,14H2,1-3H3. The van der Waals surface area contributed by atoms with Gasteiger partial charge in [-0.3, -0.25) is 4.79 Å². The first-order chi connectivity index (χ1) is 14.6. The highest BCUT2D eigenvalue weighted by Crippen LogP contribution is 2.41. The van der Waals surface area contributed by atoms with Crippen molar-refractivity contribution >= 4 is 29.0 Å². The van der Waals surface area contributed by atoms with E-state index in [0.717, 1.165) is 33.3 Å². The molecule has 1 aliphatic heterocycles. The quantitative estimate of drug-likeness (QED) is 0.519. The van der Waals surface area contributed by atoms with Crippen LogP contribution in [0.25, 0.3) is 0 Å². The predicted octanol–water partition coefficient (Wildman–Crippen LogP) is 4.74. The van der Waals surface area contributed by atoms with E-state index in [1.165, 1.54) is 17.3 Å². The zero-order chi connectivity index (χ0) is 21.1. The summed E-state index contributed by atoms with van der Waals surface area (Å²) < 4.78 is 12.0. The van der Waals surface area contributed by atoms with E-state index in [1.54, 1.807) is 25.6 Å². The van der Waals surface area contributed by atoms with Gasteiger partial charge < -0.3 is 14.4 Å². The summed E-state index contributed by atoms with van der Waals surface area (Å²) in [6.45, 7) is 2.63. The van der Waals surface area contributed by atoms with Crippen LogP contribution in [0, 0.1) is 6.92 Å². The maximum Gasteiger partial charge on any atom is 0.233 e. The second kappa shape index (κ2) is 9.10. The first-order valence-electron chi connectivity index (χ1n) is 9.75. The van der Waals surface area contributed by atoms with Crippen molar-refractivity contribution in [3.8, 4) is 11.5 Å². The van der Waals surface area contributed by atoms with Crippen LogP contribution in [0.5, 0.6) is 11.5 Å². The molecule has 156 valence electrons. The Morgan fingerprint density at radius 3 is 2.60 bits per heavy atom. The van der Waals surface area contributed by atoms with Crippen molar-refractivity contribution in [2.45, 2.75) is 23.7 Å². The van der Waals surface area contributed by atoms with E-state index in [2.05, 4.69) is 17.1 Å². The lowest BCUT2D eigenvalue weighted by Gasteiger charge is -2.38. The molecule has 0 fully saturated rings. The Bertz CT molecular complexity index is 1040. The topological polar surface area (TPSA) is 51.7 Å². The number of amides is 1. The average molecular weight is 441 g/mol. The lowest BCUT2D eigenvalue weighted by atomic mass is 9.87. The van der Waals surface area contributed by atoms with Gasteiger partial charge in [0.1, 0.15) is 0 Å². The van der Waals surface area contributed by atoms with Gasteiger partial charge >= 0.3 is 0 Å². The molecule has 2 heterocycles. The number of thiazole rings is 1. The summed E-state index contributed by atoms with van der Waals surface area (Å²) in [7, 11) is 3.29. The van der Waals surface area contributed by atoms with Crippen LogP contribution in [0.15, 0.2) is 52.2 Å². The first kappa shape index (κ1) is 20.8. The Labute approximate surface area is 185 Å². The van der Waals surface area contributed by atoms with Crippen LogP contribution in [0.1, 0.15) is 28.4 Å². The minimum atomic E-state index is -0.152. The number of hydrogen-bond acceptors (Lipinski definition) is 6. The van der Waals surface area contributed by atoms with E-state index in [9.17, 15) is 4.79 Å². The SMILES string of the molecule is COc1cc2c(cc1OC)C(c1ccccc1)N(C(=O)CSc1nc(C)cs1)CC2. The maximum absolute atomic E-state index is 13.3. The molecule has 4 rings (SSSR count). The van der Waals surface area contributed by atoms with Crippen molar-refractivity contribution < 1.29 is 14.3 Å². The summed E-state index contributed by atoms with van der Waals surface area (Å²) in [4.78, 5) is 19.7. The Morgan fingerprint density at radius 2 is 1.93 bits per heavy atom. The molecule has 1 aromatic heterocycles. The zero-order valence-corrected chi connectivity index (χ0v) is 18.9. The minimum Gasteiger partial charge on any atom is -0.493 e. The highest BCUT2D eigenvalue weighted by molar-refractivity contribution is 8.01. The molecule has 7 heteroatoms. The van der Waals surface area contributed by atoms with E-state index in [0.29, 0.717) is 18.0 Å². The van der Waals surface area contributed by atoms with E-state index in [4.69, 9.17) is 9.47 Å². The number of nitrogens with zero attached hydrogens (tertiary/aromatic N) is 2. The van der Waals surface area contributed by atoms with Crippen molar-refractivity contribution in [1.82, 2.24) is 9.88 Å². The van der Waals surface area contributed by atoms with Crippen LogP contribution in [-0.4, -0.2) is 42.3 Å². The smallest absolute Gasteiger partial charge is 0.233 e. The number of benzene rings is 2. The molecule has 0 bridgehead atoms. The largest absolute Gasteiger partial charge is 0.493 e. The lowest BCUT2D eigenvalue weighted by molar-refractivity contribution is -0.130. The fourth-order valence-electron chi connectivity index (χ4n) is 3.81. The summed E-state index contributed by atoms with van der Waals surface area (Å²) in [5.41, 5.74) is 4.36. The van der Waals surface area contributed by atoms with Gasteiger partial charge in [0.2, 0.25) is 5.91 Å². The van der Waals surface area contributed by atoms with Crippen LogP contribution in [0.3, 0.4) is 0 Å². The third kappa shape index (κ3) is 4.18. The summed E-state index contributed by atoms with van der Waals surface area (Å²) in [5, 5.41) is 2.01. The van der Waals surface area contributed by atoms with Gasteiger partial charge in [0, 0.05) is 17.6 Å². The molecule has 1 aliphatic rings. The van der Waals surface area contributed by atoms with Gasteiger partial charge in [0.05, 0.1) is 26.0 Å². The second-order valence-corrected chi connectivity index (χ2v) is 9.18.